The van der Waals surface area contributed by atoms with Crippen LogP contribution in [0.25, 0.3) is 0 Å². The van der Waals surface area contributed by atoms with E-state index in [9.17, 15) is 5.11 Å². The highest BCUT2D eigenvalue weighted by Gasteiger charge is 2.24. The molecule has 0 radical (unpaired) electrons. The van der Waals surface area contributed by atoms with Crippen LogP contribution < -0.4 is 0 Å². The summed E-state index contributed by atoms with van der Waals surface area (Å²) in [5.74, 6) is 0. The van der Waals surface area contributed by atoms with Gasteiger partial charge in [-0.3, -0.25) is 4.90 Å². The molecule has 0 unspecified atom stereocenters. The Morgan fingerprint density at radius 2 is 2.11 bits per heavy atom. The number of likely N-dealkylation sites (tertiary alicyclic amines) is 1. The zero-order valence-corrected chi connectivity index (χ0v) is 11.7. The zero-order chi connectivity index (χ0) is 13.7. The van der Waals surface area contributed by atoms with Crippen molar-refractivity contribution in [3.63, 3.8) is 0 Å². The molecular weight excluding hydrogens is 242 g/mol. The Morgan fingerprint density at radius 1 is 1.37 bits per heavy atom. The Kier molecular flexibility index (Phi) is 5.34. The van der Waals surface area contributed by atoms with E-state index in [0.29, 0.717) is 13.3 Å². The van der Waals surface area contributed by atoms with Crippen molar-refractivity contribution in [3.8, 4) is 0 Å². The van der Waals surface area contributed by atoms with Gasteiger partial charge in [-0.15, -0.1) is 0 Å². The first-order valence-electron chi connectivity index (χ1n) is 6.76. The first-order chi connectivity index (χ1) is 9.19. The van der Waals surface area contributed by atoms with Crippen molar-refractivity contribution in [1.29, 1.82) is 0 Å². The van der Waals surface area contributed by atoms with E-state index in [1.807, 2.05) is 31.2 Å². The third kappa shape index (κ3) is 4.28. The molecule has 0 spiro atoms. The Bertz CT molecular complexity index is 379. The summed E-state index contributed by atoms with van der Waals surface area (Å²) >= 11 is 0. The van der Waals surface area contributed by atoms with Crippen molar-refractivity contribution >= 4 is 0 Å². The van der Waals surface area contributed by atoms with Crippen LogP contribution in [0.4, 0.5) is 0 Å². The predicted octanol–water partition coefficient (Wildman–Crippen LogP) is 1.72. The van der Waals surface area contributed by atoms with Gasteiger partial charge in [0.1, 0.15) is 6.79 Å². The molecule has 0 bridgehead atoms. The molecule has 1 aromatic rings. The monoisotopic (exact) mass is 265 g/mol. The lowest BCUT2D eigenvalue weighted by Crippen LogP contribution is -2.28. The van der Waals surface area contributed by atoms with Gasteiger partial charge in [-0.25, -0.2) is 0 Å². The molecule has 2 atom stereocenters. The van der Waals surface area contributed by atoms with E-state index in [4.69, 9.17) is 9.47 Å². The third-order valence-electron chi connectivity index (χ3n) is 3.54. The molecule has 0 aliphatic carbocycles. The van der Waals surface area contributed by atoms with Crippen molar-refractivity contribution in [2.45, 2.75) is 25.6 Å². The van der Waals surface area contributed by atoms with Crippen LogP contribution in [0, 0.1) is 6.92 Å². The van der Waals surface area contributed by atoms with Crippen molar-refractivity contribution in [2.24, 2.45) is 0 Å². The normalized spacial score (nSPS) is 21.7. The van der Waals surface area contributed by atoms with Crippen LogP contribution in [0.3, 0.4) is 0 Å². The van der Waals surface area contributed by atoms with Gasteiger partial charge in [0.2, 0.25) is 0 Å². The Hall–Kier alpha value is -0.940. The molecule has 2 rings (SSSR count). The lowest BCUT2D eigenvalue weighted by molar-refractivity contribution is -0.0676. The van der Waals surface area contributed by atoms with Crippen LogP contribution in [-0.4, -0.2) is 49.6 Å². The molecule has 19 heavy (non-hydrogen) atoms. The molecule has 1 heterocycles. The highest BCUT2D eigenvalue weighted by molar-refractivity contribution is 5.23. The van der Waals surface area contributed by atoms with Crippen molar-refractivity contribution in [3.05, 3.63) is 35.4 Å². The average molecular weight is 265 g/mol. The fraction of sp³-hybridized carbons (Fsp3) is 0.600. The topological polar surface area (TPSA) is 41.9 Å². The van der Waals surface area contributed by atoms with Gasteiger partial charge in [-0.1, -0.05) is 29.8 Å². The minimum Gasteiger partial charge on any atom is -0.387 e. The molecule has 4 nitrogen and oxygen atoms in total. The number of aryl methyl sites for hydroxylation is 1. The second-order valence-electron chi connectivity index (χ2n) is 5.17. The van der Waals surface area contributed by atoms with Gasteiger partial charge in [0.05, 0.1) is 12.2 Å². The lowest BCUT2D eigenvalue weighted by atomic mass is 10.1. The summed E-state index contributed by atoms with van der Waals surface area (Å²) in [6.07, 6.45) is 0.802. The summed E-state index contributed by atoms with van der Waals surface area (Å²) in [6, 6.07) is 8.06. The summed E-state index contributed by atoms with van der Waals surface area (Å²) in [6.45, 7) is 4.90. The molecule has 106 valence electrons. The SMILES string of the molecule is COCO[C@H]1CCN(C[C@@H](O)c2ccc(C)cc2)C1. The van der Waals surface area contributed by atoms with E-state index in [0.717, 1.165) is 25.1 Å². The number of rotatable bonds is 6. The number of ether oxygens (including phenoxy) is 2. The molecule has 1 aliphatic heterocycles. The second-order valence-corrected chi connectivity index (χ2v) is 5.17. The van der Waals surface area contributed by atoms with Crippen molar-refractivity contribution in [1.82, 2.24) is 4.90 Å². The van der Waals surface area contributed by atoms with E-state index < -0.39 is 6.10 Å². The van der Waals surface area contributed by atoms with Crippen LogP contribution in [-0.2, 0) is 9.47 Å². The maximum atomic E-state index is 10.2. The minimum atomic E-state index is -0.429. The van der Waals surface area contributed by atoms with Crippen LogP contribution >= 0.6 is 0 Å². The molecule has 1 aliphatic rings. The van der Waals surface area contributed by atoms with Crippen molar-refractivity contribution in [2.75, 3.05) is 33.5 Å². The van der Waals surface area contributed by atoms with Crippen LogP contribution in [0.5, 0.6) is 0 Å². The summed E-state index contributed by atoms with van der Waals surface area (Å²) in [4.78, 5) is 2.24. The molecule has 0 aromatic heterocycles. The third-order valence-corrected chi connectivity index (χ3v) is 3.54. The fourth-order valence-electron chi connectivity index (χ4n) is 2.40. The predicted molar refractivity (Wildman–Crippen MR) is 73.9 cm³/mol. The highest BCUT2D eigenvalue weighted by atomic mass is 16.7. The molecule has 0 amide bonds. The van der Waals surface area contributed by atoms with Crippen LogP contribution in [0.1, 0.15) is 23.7 Å². The van der Waals surface area contributed by atoms with E-state index in [1.165, 1.54) is 5.56 Å². The molecule has 1 fully saturated rings. The molecule has 1 aromatic carbocycles. The maximum Gasteiger partial charge on any atom is 0.146 e. The molecule has 1 N–H and O–H groups in total. The summed E-state index contributed by atoms with van der Waals surface area (Å²) < 4.78 is 10.5. The van der Waals surface area contributed by atoms with Gasteiger partial charge >= 0.3 is 0 Å². The van der Waals surface area contributed by atoms with E-state index in [1.54, 1.807) is 7.11 Å². The van der Waals surface area contributed by atoms with Crippen LogP contribution in [0.2, 0.25) is 0 Å². The number of aliphatic hydroxyl groups excluding tert-OH is 1. The smallest absolute Gasteiger partial charge is 0.146 e. The number of methoxy groups -OCH3 is 1. The van der Waals surface area contributed by atoms with Gasteiger partial charge in [0.25, 0.3) is 0 Å². The lowest BCUT2D eigenvalue weighted by Gasteiger charge is -2.20. The molecule has 0 saturated carbocycles. The van der Waals surface area contributed by atoms with Gasteiger partial charge in [0.15, 0.2) is 0 Å². The van der Waals surface area contributed by atoms with Crippen LogP contribution in [0.15, 0.2) is 24.3 Å². The number of hydrogen-bond acceptors (Lipinski definition) is 4. The van der Waals surface area contributed by atoms with E-state index >= 15 is 0 Å². The number of aliphatic hydroxyl groups is 1. The van der Waals surface area contributed by atoms with E-state index in [2.05, 4.69) is 4.90 Å². The molecular formula is C15H23NO3. The number of nitrogens with zero attached hydrogens (tertiary/aromatic N) is 1. The molecule has 1 saturated heterocycles. The van der Waals surface area contributed by atoms with Gasteiger partial charge in [0, 0.05) is 26.7 Å². The number of β-amino-alcohol motifs (C(OH)–C–C–N with tert-alkyl or cyclic N) is 1. The fourth-order valence-corrected chi connectivity index (χ4v) is 2.40. The minimum absolute atomic E-state index is 0.227. The summed E-state index contributed by atoms with van der Waals surface area (Å²) in [5, 5.41) is 10.2. The summed E-state index contributed by atoms with van der Waals surface area (Å²) in [7, 11) is 1.63. The number of benzene rings is 1. The largest absolute Gasteiger partial charge is 0.387 e. The number of hydrogen-bond donors (Lipinski definition) is 1. The first kappa shape index (κ1) is 14.5. The Morgan fingerprint density at radius 3 is 2.79 bits per heavy atom. The second kappa shape index (κ2) is 7.01. The standard InChI is InChI=1S/C15H23NO3/c1-12-3-5-13(6-4-12)15(17)10-16-8-7-14(9-16)19-11-18-2/h3-6,14-15,17H,7-11H2,1-2H3/t14-,15+/m0/s1. The van der Waals surface area contributed by atoms with Gasteiger partial charge in [-0.2, -0.15) is 0 Å². The first-order valence-corrected chi connectivity index (χ1v) is 6.76. The zero-order valence-electron chi connectivity index (χ0n) is 11.7. The van der Waals surface area contributed by atoms with Gasteiger partial charge in [-0.05, 0) is 18.9 Å². The Balaban J connectivity index is 1.80. The van der Waals surface area contributed by atoms with E-state index in [-0.39, 0.29) is 6.10 Å². The average Bonchev–Trinajstić information content (AvgIpc) is 2.84. The van der Waals surface area contributed by atoms with Crippen molar-refractivity contribution < 1.29 is 14.6 Å². The quantitative estimate of drug-likeness (QED) is 0.795. The summed E-state index contributed by atoms with van der Waals surface area (Å²) in [5.41, 5.74) is 2.19. The van der Waals surface area contributed by atoms with Gasteiger partial charge < -0.3 is 14.6 Å². The Labute approximate surface area is 114 Å². The maximum absolute atomic E-state index is 10.2. The highest BCUT2D eigenvalue weighted by Crippen LogP contribution is 2.19. The molecule has 4 heteroatoms.